The summed E-state index contributed by atoms with van der Waals surface area (Å²) in [6.07, 6.45) is 4.21. The Morgan fingerprint density at radius 1 is 1.55 bits per heavy atom. The van der Waals surface area contributed by atoms with Gasteiger partial charge < -0.3 is 10.6 Å². The molecule has 1 fully saturated rings. The normalized spacial score (nSPS) is 16.9. The van der Waals surface area contributed by atoms with E-state index in [1.807, 2.05) is 0 Å². The average Bonchev–Trinajstić information content (AvgIpc) is 2.90. The lowest BCUT2D eigenvalue weighted by atomic mass is 10.0. The summed E-state index contributed by atoms with van der Waals surface area (Å²) >= 11 is 0. The Morgan fingerprint density at radius 2 is 2.20 bits per heavy atom. The van der Waals surface area contributed by atoms with Crippen LogP contribution in [-0.2, 0) is 10.3 Å². The first kappa shape index (κ1) is 14.4. The van der Waals surface area contributed by atoms with Crippen molar-refractivity contribution in [2.75, 3.05) is 13.1 Å². The minimum Gasteiger partial charge on any atom is -0.351 e. The number of nitrogens with one attached hydrogen (secondary N) is 2. The number of piperidine rings is 1. The van der Waals surface area contributed by atoms with Crippen molar-refractivity contribution in [2.45, 2.75) is 38.3 Å². The van der Waals surface area contributed by atoms with Gasteiger partial charge in [0.25, 0.3) is 0 Å². The number of hydrogen-bond donors (Lipinski definition) is 2. The third kappa shape index (κ3) is 2.96. The van der Waals surface area contributed by atoms with Crippen molar-refractivity contribution in [3.05, 3.63) is 22.5 Å². The van der Waals surface area contributed by atoms with Crippen LogP contribution in [0.3, 0.4) is 0 Å². The third-order valence-electron chi connectivity index (χ3n) is 3.58. The summed E-state index contributed by atoms with van der Waals surface area (Å²) in [7, 11) is 0. The molecule has 0 spiro atoms. The number of hydrogen-bond acceptors (Lipinski definition) is 5. The van der Waals surface area contributed by atoms with E-state index in [0.29, 0.717) is 0 Å². The van der Waals surface area contributed by atoms with Crippen LogP contribution in [0, 0.1) is 10.1 Å². The highest BCUT2D eigenvalue weighted by Crippen LogP contribution is 2.19. The average molecular weight is 281 g/mol. The van der Waals surface area contributed by atoms with Gasteiger partial charge in [0, 0.05) is 6.04 Å². The van der Waals surface area contributed by atoms with Gasteiger partial charge in [-0.05, 0) is 39.8 Å². The van der Waals surface area contributed by atoms with Crippen LogP contribution < -0.4 is 10.6 Å². The van der Waals surface area contributed by atoms with Crippen molar-refractivity contribution in [2.24, 2.45) is 0 Å². The van der Waals surface area contributed by atoms with Crippen molar-refractivity contribution in [3.8, 4) is 0 Å². The highest BCUT2D eigenvalue weighted by molar-refractivity contribution is 5.83. The number of nitro groups is 1. The van der Waals surface area contributed by atoms with E-state index in [2.05, 4.69) is 15.7 Å². The van der Waals surface area contributed by atoms with Crippen LogP contribution in [-0.4, -0.2) is 39.7 Å². The lowest BCUT2D eigenvalue weighted by Crippen LogP contribution is -2.51. The first-order valence-corrected chi connectivity index (χ1v) is 6.62. The first-order valence-electron chi connectivity index (χ1n) is 6.62. The zero-order valence-electron chi connectivity index (χ0n) is 11.6. The van der Waals surface area contributed by atoms with Gasteiger partial charge in [0.05, 0.1) is 4.92 Å². The third-order valence-corrected chi connectivity index (χ3v) is 3.58. The molecule has 1 aliphatic rings. The molecule has 1 aromatic heterocycles. The van der Waals surface area contributed by atoms with Crippen LogP contribution in [0.5, 0.6) is 0 Å². The first-order chi connectivity index (χ1) is 9.41. The maximum atomic E-state index is 12.4. The molecule has 8 heteroatoms. The molecule has 1 amide bonds. The fraction of sp³-hybridized carbons (Fsp3) is 0.667. The molecule has 20 heavy (non-hydrogen) atoms. The molecule has 1 saturated heterocycles. The zero-order chi connectivity index (χ0) is 14.8. The van der Waals surface area contributed by atoms with Gasteiger partial charge in [-0.15, -0.1) is 0 Å². The molecular formula is C12H19N5O3. The summed E-state index contributed by atoms with van der Waals surface area (Å²) in [5, 5.41) is 20.8. The molecule has 0 saturated carbocycles. The van der Waals surface area contributed by atoms with Gasteiger partial charge in [-0.3, -0.25) is 19.6 Å². The van der Waals surface area contributed by atoms with Crippen LogP contribution >= 0.6 is 0 Å². The molecule has 2 N–H and O–H groups in total. The monoisotopic (exact) mass is 281 g/mol. The molecule has 0 atom stereocenters. The second-order valence-corrected chi connectivity index (χ2v) is 5.46. The summed E-state index contributed by atoms with van der Waals surface area (Å²) in [4.78, 5) is 22.5. The Balaban J connectivity index is 2.07. The summed E-state index contributed by atoms with van der Waals surface area (Å²) in [6.45, 7) is 5.16. The van der Waals surface area contributed by atoms with Gasteiger partial charge >= 0.3 is 5.69 Å². The van der Waals surface area contributed by atoms with Crippen LogP contribution in [0.25, 0.3) is 0 Å². The second-order valence-electron chi connectivity index (χ2n) is 5.46. The molecule has 8 nitrogen and oxygen atoms in total. The number of carbonyl (C=O) groups is 1. The Hall–Kier alpha value is -1.96. The smallest absolute Gasteiger partial charge is 0.307 e. The van der Waals surface area contributed by atoms with Crippen LogP contribution in [0.4, 0.5) is 5.69 Å². The van der Waals surface area contributed by atoms with Crippen LogP contribution in [0.1, 0.15) is 26.7 Å². The summed E-state index contributed by atoms with van der Waals surface area (Å²) in [5.41, 5.74) is -1.08. The summed E-state index contributed by atoms with van der Waals surface area (Å²) in [6, 6.07) is 0.147. The molecule has 2 rings (SSSR count). The van der Waals surface area contributed by atoms with Crippen molar-refractivity contribution in [1.29, 1.82) is 0 Å². The fourth-order valence-electron chi connectivity index (χ4n) is 2.15. The molecule has 0 bridgehead atoms. The predicted molar refractivity (Wildman–Crippen MR) is 72.2 cm³/mol. The molecule has 0 unspecified atom stereocenters. The molecule has 110 valence electrons. The highest BCUT2D eigenvalue weighted by atomic mass is 16.6. The zero-order valence-corrected chi connectivity index (χ0v) is 11.6. The molecule has 1 aliphatic heterocycles. The van der Waals surface area contributed by atoms with Crippen molar-refractivity contribution in [1.82, 2.24) is 20.4 Å². The van der Waals surface area contributed by atoms with E-state index >= 15 is 0 Å². The molecule has 2 heterocycles. The van der Waals surface area contributed by atoms with E-state index in [9.17, 15) is 14.9 Å². The van der Waals surface area contributed by atoms with Gasteiger partial charge in [0.2, 0.25) is 5.91 Å². The van der Waals surface area contributed by atoms with Crippen molar-refractivity contribution < 1.29 is 9.72 Å². The number of amides is 1. The SMILES string of the molecule is CC(C)(C(=O)NC1CCNCC1)n1cc([N+](=O)[O-])cn1. The largest absolute Gasteiger partial charge is 0.351 e. The van der Waals surface area contributed by atoms with Gasteiger partial charge in [0.15, 0.2) is 0 Å². The van der Waals surface area contributed by atoms with Gasteiger partial charge in [-0.2, -0.15) is 5.10 Å². The fourth-order valence-corrected chi connectivity index (χ4v) is 2.15. The minimum atomic E-state index is -0.959. The van der Waals surface area contributed by atoms with Crippen molar-refractivity contribution >= 4 is 11.6 Å². The van der Waals surface area contributed by atoms with Crippen LogP contribution in [0.2, 0.25) is 0 Å². The number of rotatable bonds is 4. The van der Waals surface area contributed by atoms with Crippen molar-refractivity contribution in [3.63, 3.8) is 0 Å². The van der Waals surface area contributed by atoms with Gasteiger partial charge in [-0.1, -0.05) is 0 Å². The maximum Gasteiger partial charge on any atom is 0.307 e. The van der Waals surface area contributed by atoms with E-state index in [4.69, 9.17) is 0 Å². The molecular weight excluding hydrogens is 262 g/mol. The van der Waals surface area contributed by atoms with E-state index in [1.54, 1.807) is 13.8 Å². The molecule has 0 aliphatic carbocycles. The summed E-state index contributed by atoms with van der Waals surface area (Å²) < 4.78 is 1.33. The molecule has 0 aromatic carbocycles. The highest BCUT2D eigenvalue weighted by Gasteiger charge is 2.33. The number of nitrogens with zero attached hydrogens (tertiary/aromatic N) is 3. The lowest BCUT2D eigenvalue weighted by molar-refractivity contribution is -0.385. The lowest BCUT2D eigenvalue weighted by Gasteiger charge is -2.29. The quantitative estimate of drug-likeness (QED) is 0.614. The van der Waals surface area contributed by atoms with E-state index < -0.39 is 10.5 Å². The Kier molecular flexibility index (Phi) is 4.03. The standard InChI is InChI=1S/C12H19N5O3/c1-12(2,16-8-10(7-14-16)17(19)20)11(18)15-9-3-5-13-6-4-9/h7-9,13H,3-6H2,1-2H3,(H,15,18). The predicted octanol–water partition coefficient (Wildman–Crippen LogP) is 0.395. The van der Waals surface area contributed by atoms with Gasteiger partial charge in [0.1, 0.15) is 17.9 Å². The Labute approximate surface area is 116 Å². The second kappa shape index (κ2) is 5.58. The number of aromatic nitrogens is 2. The van der Waals surface area contributed by atoms with E-state index in [1.165, 1.54) is 10.9 Å². The van der Waals surface area contributed by atoms with Gasteiger partial charge in [-0.25, -0.2) is 0 Å². The van der Waals surface area contributed by atoms with Crippen LogP contribution in [0.15, 0.2) is 12.4 Å². The minimum absolute atomic E-state index is 0.118. The maximum absolute atomic E-state index is 12.4. The molecule has 1 aromatic rings. The Bertz CT molecular complexity index is 505. The van der Waals surface area contributed by atoms with E-state index in [-0.39, 0.29) is 17.6 Å². The Morgan fingerprint density at radius 3 is 2.75 bits per heavy atom. The number of carbonyl (C=O) groups excluding carboxylic acids is 1. The van der Waals surface area contributed by atoms with E-state index in [0.717, 1.165) is 32.1 Å². The summed E-state index contributed by atoms with van der Waals surface area (Å²) in [5.74, 6) is -0.178. The topological polar surface area (TPSA) is 102 Å². The molecule has 0 radical (unpaired) electrons.